The predicted octanol–water partition coefficient (Wildman–Crippen LogP) is 8.33. The molecule has 0 fully saturated rings. The third-order valence-corrected chi connectivity index (χ3v) is 5.99. The molecule has 1 aliphatic rings. The molecule has 0 saturated carbocycles. The number of hydrogen-bond acceptors (Lipinski definition) is 1. The summed E-state index contributed by atoms with van der Waals surface area (Å²) in [6.45, 7) is 2.05. The summed E-state index contributed by atoms with van der Waals surface area (Å²) in [7, 11) is 0. The summed E-state index contributed by atoms with van der Waals surface area (Å²) in [5.74, 6) is -4.84. The van der Waals surface area contributed by atoms with Crippen LogP contribution in [0.3, 0.4) is 0 Å². The minimum absolute atomic E-state index is 0.0541. The van der Waals surface area contributed by atoms with Crippen LogP contribution < -0.4 is 4.74 Å². The third-order valence-electron chi connectivity index (χ3n) is 5.99. The molecule has 184 valence electrons. The van der Waals surface area contributed by atoms with Crippen LogP contribution in [0.25, 0.3) is 16.7 Å². The SMILES string of the molecule is CCCCc1ccc(C2=CCc3c(cc(F)c(-c4ccc(OC(F)(F)F)c(F)c4)c3F)C2)c(F)c1. The van der Waals surface area contributed by atoms with E-state index in [0.29, 0.717) is 28.8 Å². The van der Waals surface area contributed by atoms with Crippen molar-refractivity contribution in [3.05, 3.63) is 94.1 Å². The van der Waals surface area contributed by atoms with Crippen molar-refractivity contribution in [3.63, 3.8) is 0 Å². The number of unbranched alkanes of at least 4 members (excludes halogenated alkanes) is 1. The zero-order chi connectivity index (χ0) is 25.3. The lowest BCUT2D eigenvalue weighted by molar-refractivity contribution is -0.275. The molecule has 0 bridgehead atoms. The third kappa shape index (κ3) is 5.36. The number of fused-ring (bicyclic) bond motifs is 1. The van der Waals surface area contributed by atoms with Gasteiger partial charge in [-0.1, -0.05) is 37.6 Å². The average Bonchev–Trinajstić information content (AvgIpc) is 2.78. The molecule has 3 aromatic rings. The van der Waals surface area contributed by atoms with E-state index in [1.165, 1.54) is 6.07 Å². The molecule has 0 aromatic heterocycles. The van der Waals surface area contributed by atoms with Crippen LogP contribution in [0, 0.1) is 23.3 Å². The van der Waals surface area contributed by atoms with Gasteiger partial charge in [-0.25, -0.2) is 17.6 Å². The van der Waals surface area contributed by atoms with Gasteiger partial charge in [0.15, 0.2) is 11.6 Å². The number of ether oxygens (including phenoxy) is 1. The molecule has 1 aliphatic carbocycles. The number of hydrogen-bond donors (Lipinski definition) is 0. The van der Waals surface area contributed by atoms with E-state index < -0.39 is 40.9 Å². The van der Waals surface area contributed by atoms with Crippen molar-refractivity contribution in [2.24, 2.45) is 0 Å². The Kier molecular flexibility index (Phi) is 6.92. The van der Waals surface area contributed by atoms with Crippen LogP contribution >= 0.6 is 0 Å². The summed E-state index contributed by atoms with van der Waals surface area (Å²) in [6, 6.07) is 8.31. The quantitative estimate of drug-likeness (QED) is 0.313. The first-order valence-corrected chi connectivity index (χ1v) is 11.1. The Labute approximate surface area is 197 Å². The van der Waals surface area contributed by atoms with E-state index in [4.69, 9.17) is 0 Å². The first-order chi connectivity index (χ1) is 16.6. The summed E-state index contributed by atoms with van der Waals surface area (Å²) in [6.07, 6.45) is -0.596. The van der Waals surface area contributed by atoms with Crippen molar-refractivity contribution in [2.45, 2.75) is 45.4 Å². The van der Waals surface area contributed by atoms with Gasteiger partial charge in [0, 0.05) is 5.56 Å². The minimum Gasteiger partial charge on any atom is -0.403 e. The van der Waals surface area contributed by atoms with Crippen LogP contribution in [0.1, 0.15) is 42.0 Å². The monoisotopic (exact) mass is 494 g/mol. The molecule has 0 unspecified atom stereocenters. The van der Waals surface area contributed by atoms with Gasteiger partial charge in [0.2, 0.25) is 0 Å². The van der Waals surface area contributed by atoms with Gasteiger partial charge in [-0.15, -0.1) is 13.2 Å². The Morgan fingerprint density at radius 1 is 0.886 bits per heavy atom. The molecule has 3 aromatic carbocycles. The van der Waals surface area contributed by atoms with Gasteiger partial charge in [0.05, 0.1) is 5.56 Å². The van der Waals surface area contributed by atoms with E-state index in [9.17, 15) is 26.3 Å². The second-order valence-electron chi connectivity index (χ2n) is 8.41. The molecule has 0 atom stereocenters. The summed E-state index contributed by atoms with van der Waals surface area (Å²) in [5, 5.41) is 0. The average molecular weight is 494 g/mol. The van der Waals surface area contributed by atoms with E-state index in [0.717, 1.165) is 37.0 Å². The Hall–Kier alpha value is -3.29. The molecule has 8 heteroatoms. The van der Waals surface area contributed by atoms with E-state index in [-0.39, 0.29) is 24.0 Å². The number of aryl methyl sites for hydroxylation is 1. The molecular weight excluding hydrogens is 473 g/mol. The van der Waals surface area contributed by atoms with Gasteiger partial charge in [-0.2, -0.15) is 0 Å². The maximum atomic E-state index is 15.3. The maximum Gasteiger partial charge on any atom is 0.573 e. The van der Waals surface area contributed by atoms with E-state index in [1.54, 1.807) is 12.1 Å². The van der Waals surface area contributed by atoms with Crippen LogP contribution in [0.4, 0.5) is 30.7 Å². The molecule has 0 heterocycles. The topological polar surface area (TPSA) is 9.23 Å². The van der Waals surface area contributed by atoms with E-state index in [1.807, 2.05) is 13.0 Å². The number of benzene rings is 3. The summed E-state index contributed by atoms with van der Waals surface area (Å²) < 4.78 is 99.8. The number of rotatable bonds is 6. The van der Waals surface area contributed by atoms with Gasteiger partial charge >= 0.3 is 6.36 Å². The molecule has 4 rings (SSSR count). The molecular formula is C27H21F7O. The molecule has 0 spiro atoms. The highest BCUT2D eigenvalue weighted by Crippen LogP contribution is 2.38. The van der Waals surface area contributed by atoms with Crippen LogP contribution in [0.15, 0.2) is 48.5 Å². The first-order valence-electron chi connectivity index (χ1n) is 11.1. The predicted molar refractivity (Wildman–Crippen MR) is 119 cm³/mol. The molecule has 0 radical (unpaired) electrons. The Morgan fingerprint density at radius 2 is 1.66 bits per heavy atom. The molecule has 0 aliphatic heterocycles. The van der Waals surface area contributed by atoms with Crippen molar-refractivity contribution < 1.29 is 35.5 Å². The zero-order valence-electron chi connectivity index (χ0n) is 18.7. The maximum absolute atomic E-state index is 15.3. The lowest BCUT2D eigenvalue weighted by atomic mass is 9.85. The fraction of sp³-hybridized carbons (Fsp3) is 0.259. The number of alkyl halides is 3. The molecule has 0 amide bonds. The van der Waals surface area contributed by atoms with Gasteiger partial charge in [-0.3, -0.25) is 0 Å². The highest BCUT2D eigenvalue weighted by molar-refractivity contribution is 5.74. The standard InChI is InChI=1S/C27H21F7O/c1-2-3-4-15-5-8-19(21(28)11-15)16-6-9-20-18(12-16)14-23(30)25(26(20)31)17-7-10-24(22(29)13-17)35-27(32,33)34/h5-8,10-11,13-14H,2-4,9,12H2,1H3. The van der Waals surface area contributed by atoms with Gasteiger partial charge in [0.1, 0.15) is 17.5 Å². The minimum atomic E-state index is -5.11. The Morgan fingerprint density at radius 3 is 2.31 bits per heavy atom. The summed E-state index contributed by atoms with van der Waals surface area (Å²) in [5.41, 5.74) is 1.52. The fourth-order valence-corrected chi connectivity index (χ4v) is 4.28. The Balaban J connectivity index is 1.63. The van der Waals surface area contributed by atoms with Gasteiger partial charge < -0.3 is 4.74 Å². The number of allylic oxidation sites excluding steroid dienone is 2. The molecule has 1 nitrogen and oxygen atoms in total. The van der Waals surface area contributed by atoms with Crippen LogP contribution in [-0.2, 0) is 19.3 Å². The van der Waals surface area contributed by atoms with Crippen LogP contribution in [-0.4, -0.2) is 6.36 Å². The van der Waals surface area contributed by atoms with Gasteiger partial charge in [0.25, 0.3) is 0 Å². The summed E-state index contributed by atoms with van der Waals surface area (Å²) in [4.78, 5) is 0. The molecule has 0 saturated heterocycles. The zero-order valence-corrected chi connectivity index (χ0v) is 18.7. The number of halogens is 7. The van der Waals surface area contributed by atoms with Crippen molar-refractivity contribution in [3.8, 4) is 16.9 Å². The lowest BCUT2D eigenvalue weighted by Gasteiger charge is -2.21. The first kappa shape index (κ1) is 24.8. The van der Waals surface area contributed by atoms with Crippen LogP contribution in [0.5, 0.6) is 5.75 Å². The normalized spacial score (nSPS) is 13.4. The fourth-order valence-electron chi connectivity index (χ4n) is 4.28. The lowest BCUT2D eigenvalue weighted by Crippen LogP contribution is -2.18. The van der Waals surface area contributed by atoms with E-state index >= 15 is 4.39 Å². The molecule has 0 N–H and O–H groups in total. The van der Waals surface area contributed by atoms with Gasteiger partial charge in [-0.05, 0) is 77.8 Å². The van der Waals surface area contributed by atoms with Crippen molar-refractivity contribution in [2.75, 3.05) is 0 Å². The van der Waals surface area contributed by atoms with Crippen molar-refractivity contribution in [1.29, 1.82) is 0 Å². The summed E-state index contributed by atoms with van der Waals surface area (Å²) >= 11 is 0. The van der Waals surface area contributed by atoms with Crippen molar-refractivity contribution in [1.82, 2.24) is 0 Å². The highest BCUT2D eigenvalue weighted by Gasteiger charge is 2.32. The Bertz CT molecular complexity index is 1290. The largest absolute Gasteiger partial charge is 0.573 e. The van der Waals surface area contributed by atoms with Crippen LogP contribution in [0.2, 0.25) is 0 Å². The van der Waals surface area contributed by atoms with Crippen molar-refractivity contribution >= 4 is 5.57 Å². The second kappa shape index (κ2) is 9.76. The second-order valence-corrected chi connectivity index (χ2v) is 8.41. The molecule has 35 heavy (non-hydrogen) atoms. The highest BCUT2D eigenvalue weighted by atomic mass is 19.4. The smallest absolute Gasteiger partial charge is 0.403 e. The van der Waals surface area contributed by atoms with E-state index in [2.05, 4.69) is 4.74 Å².